The fourth-order valence-electron chi connectivity index (χ4n) is 2.48. The minimum Gasteiger partial charge on any atom is -0.362 e. The summed E-state index contributed by atoms with van der Waals surface area (Å²) in [7, 11) is 0. The molecule has 1 amide bonds. The van der Waals surface area contributed by atoms with Crippen LogP contribution in [0.2, 0.25) is 0 Å². The first kappa shape index (κ1) is 14.6. The van der Waals surface area contributed by atoms with E-state index in [1.807, 2.05) is 39.0 Å². The van der Waals surface area contributed by atoms with Crippen molar-refractivity contribution in [1.82, 2.24) is 5.32 Å². The van der Waals surface area contributed by atoms with Crippen molar-refractivity contribution in [2.24, 2.45) is 0 Å². The van der Waals surface area contributed by atoms with Gasteiger partial charge in [-0.25, -0.2) is 0 Å². The number of ketones is 1. The van der Waals surface area contributed by atoms with E-state index in [0.29, 0.717) is 6.54 Å². The summed E-state index contributed by atoms with van der Waals surface area (Å²) in [6.07, 6.45) is 0.888. The van der Waals surface area contributed by atoms with E-state index in [-0.39, 0.29) is 17.2 Å². The van der Waals surface area contributed by atoms with E-state index in [4.69, 9.17) is 0 Å². The van der Waals surface area contributed by atoms with E-state index in [1.54, 1.807) is 6.92 Å². The van der Waals surface area contributed by atoms with Crippen molar-refractivity contribution >= 4 is 17.4 Å². The lowest BCUT2D eigenvalue weighted by Crippen LogP contribution is -2.45. The zero-order chi connectivity index (χ0) is 14.9. The number of carbonyl (C=O) groups excluding carboxylic acids is 2. The Bertz CT molecular complexity index is 544. The Labute approximate surface area is 120 Å². The largest absolute Gasteiger partial charge is 0.362 e. The second-order valence-corrected chi connectivity index (χ2v) is 6.37. The van der Waals surface area contributed by atoms with Crippen LogP contribution in [0.1, 0.15) is 43.6 Å². The van der Waals surface area contributed by atoms with Crippen LogP contribution in [0.15, 0.2) is 18.2 Å². The molecule has 4 heteroatoms. The van der Waals surface area contributed by atoms with Crippen molar-refractivity contribution < 1.29 is 9.59 Å². The highest BCUT2D eigenvalue weighted by Crippen LogP contribution is 2.28. The molecule has 2 rings (SSSR count). The Hall–Kier alpha value is -1.84. The van der Waals surface area contributed by atoms with Crippen molar-refractivity contribution in [2.75, 3.05) is 18.0 Å². The van der Waals surface area contributed by atoms with Gasteiger partial charge in [-0.3, -0.25) is 9.59 Å². The first-order valence-electron chi connectivity index (χ1n) is 6.96. The van der Waals surface area contributed by atoms with Gasteiger partial charge in [0.05, 0.1) is 6.54 Å². The number of nitrogens with zero attached hydrogens (tertiary/aromatic N) is 1. The highest BCUT2D eigenvalue weighted by Gasteiger charge is 2.23. The fourth-order valence-corrected chi connectivity index (χ4v) is 2.48. The monoisotopic (exact) mass is 274 g/mol. The van der Waals surface area contributed by atoms with Crippen LogP contribution >= 0.6 is 0 Å². The van der Waals surface area contributed by atoms with E-state index in [2.05, 4.69) is 10.2 Å². The van der Waals surface area contributed by atoms with Crippen LogP contribution in [0.25, 0.3) is 0 Å². The normalized spacial score (nSPS) is 14.1. The van der Waals surface area contributed by atoms with Crippen molar-refractivity contribution in [3.8, 4) is 0 Å². The average Bonchev–Trinajstić information content (AvgIpc) is 2.69. The van der Waals surface area contributed by atoms with E-state index >= 15 is 0 Å². The predicted molar refractivity (Wildman–Crippen MR) is 80.3 cm³/mol. The van der Waals surface area contributed by atoms with Gasteiger partial charge in [0.2, 0.25) is 5.91 Å². The van der Waals surface area contributed by atoms with Crippen LogP contribution < -0.4 is 10.2 Å². The molecule has 20 heavy (non-hydrogen) atoms. The first-order chi connectivity index (χ1) is 9.26. The Morgan fingerprint density at radius 1 is 1.30 bits per heavy atom. The van der Waals surface area contributed by atoms with Gasteiger partial charge in [-0.05, 0) is 57.9 Å². The summed E-state index contributed by atoms with van der Waals surface area (Å²) in [6, 6.07) is 5.73. The van der Waals surface area contributed by atoms with E-state index in [9.17, 15) is 9.59 Å². The average molecular weight is 274 g/mol. The molecular formula is C16H22N2O2. The molecule has 1 aromatic rings. The highest BCUT2D eigenvalue weighted by molar-refractivity contribution is 5.95. The number of rotatable bonds is 3. The summed E-state index contributed by atoms with van der Waals surface area (Å²) in [5.41, 5.74) is 2.75. The molecule has 0 saturated carbocycles. The molecule has 1 heterocycles. The van der Waals surface area contributed by atoms with Gasteiger partial charge in [0, 0.05) is 23.3 Å². The van der Waals surface area contributed by atoms with Gasteiger partial charge < -0.3 is 10.2 Å². The second-order valence-electron chi connectivity index (χ2n) is 6.37. The maximum Gasteiger partial charge on any atom is 0.239 e. The van der Waals surface area contributed by atoms with Crippen molar-refractivity contribution in [1.29, 1.82) is 0 Å². The fraction of sp³-hybridized carbons (Fsp3) is 0.500. The number of carbonyl (C=O) groups is 2. The number of Topliss-reactive ketones (excluding diaryl/α,β-unsaturated/α-hetero) is 1. The lowest BCUT2D eigenvalue weighted by Gasteiger charge is -2.24. The van der Waals surface area contributed by atoms with Gasteiger partial charge in [-0.15, -0.1) is 0 Å². The van der Waals surface area contributed by atoms with Gasteiger partial charge in [-0.2, -0.15) is 0 Å². The molecule has 0 radical (unpaired) electrons. The Balaban J connectivity index is 2.09. The van der Waals surface area contributed by atoms with Crippen LogP contribution in [0, 0.1) is 0 Å². The summed E-state index contributed by atoms with van der Waals surface area (Å²) < 4.78 is 0. The lowest BCUT2D eigenvalue weighted by molar-refractivity contribution is -0.121. The van der Waals surface area contributed by atoms with Crippen LogP contribution in [-0.4, -0.2) is 30.3 Å². The number of anilines is 1. The minimum atomic E-state index is -0.210. The zero-order valence-electron chi connectivity index (χ0n) is 12.6. The molecule has 4 nitrogen and oxygen atoms in total. The van der Waals surface area contributed by atoms with Gasteiger partial charge >= 0.3 is 0 Å². The summed E-state index contributed by atoms with van der Waals surface area (Å²) in [5, 5.41) is 2.97. The molecule has 0 bridgehead atoms. The molecule has 0 fully saturated rings. The standard InChI is InChI=1S/C16H22N2O2/c1-11(19)12-5-6-14-13(9-12)7-8-18(14)10-15(20)17-16(2,3)4/h5-6,9H,7-8,10H2,1-4H3,(H,17,20). The van der Waals surface area contributed by atoms with Crippen molar-refractivity contribution in [3.05, 3.63) is 29.3 Å². The van der Waals surface area contributed by atoms with Gasteiger partial charge in [-0.1, -0.05) is 0 Å². The number of amides is 1. The minimum absolute atomic E-state index is 0.0287. The number of nitrogens with one attached hydrogen (secondary N) is 1. The quantitative estimate of drug-likeness (QED) is 0.859. The molecule has 0 atom stereocenters. The SMILES string of the molecule is CC(=O)c1ccc2c(c1)CCN2CC(=O)NC(C)(C)C. The molecule has 0 saturated heterocycles. The third-order valence-corrected chi connectivity index (χ3v) is 3.33. The molecule has 1 aliphatic heterocycles. The van der Waals surface area contributed by atoms with Crippen LogP contribution in [0.4, 0.5) is 5.69 Å². The maximum absolute atomic E-state index is 12.0. The van der Waals surface area contributed by atoms with E-state index in [0.717, 1.165) is 29.8 Å². The van der Waals surface area contributed by atoms with E-state index < -0.39 is 0 Å². The molecule has 1 aliphatic rings. The summed E-state index contributed by atoms with van der Waals surface area (Å²) in [4.78, 5) is 25.4. The van der Waals surface area contributed by atoms with Crippen LogP contribution in [-0.2, 0) is 11.2 Å². The Morgan fingerprint density at radius 3 is 2.60 bits per heavy atom. The third kappa shape index (κ3) is 3.38. The smallest absolute Gasteiger partial charge is 0.239 e. The molecule has 0 aromatic heterocycles. The van der Waals surface area contributed by atoms with Gasteiger partial charge in [0.25, 0.3) is 0 Å². The topological polar surface area (TPSA) is 49.4 Å². The zero-order valence-corrected chi connectivity index (χ0v) is 12.6. The second kappa shape index (κ2) is 5.27. The number of hydrogen-bond donors (Lipinski definition) is 1. The Kier molecular flexibility index (Phi) is 3.84. The number of hydrogen-bond acceptors (Lipinski definition) is 3. The number of fused-ring (bicyclic) bond motifs is 1. The molecular weight excluding hydrogens is 252 g/mol. The maximum atomic E-state index is 12.0. The predicted octanol–water partition coefficient (Wildman–Crippen LogP) is 2.17. The highest BCUT2D eigenvalue weighted by atomic mass is 16.2. The summed E-state index contributed by atoms with van der Waals surface area (Å²) in [6.45, 7) is 8.69. The molecule has 1 N–H and O–H groups in total. The number of benzene rings is 1. The first-order valence-corrected chi connectivity index (χ1v) is 6.96. The van der Waals surface area contributed by atoms with Crippen molar-refractivity contribution in [2.45, 2.75) is 39.7 Å². The summed E-state index contributed by atoms with van der Waals surface area (Å²) >= 11 is 0. The molecule has 1 aromatic carbocycles. The lowest BCUT2D eigenvalue weighted by atomic mass is 10.1. The van der Waals surface area contributed by atoms with E-state index in [1.165, 1.54) is 0 Å². The van der Waals surface area contributed by atoms with Crippen LogP contribution in [0.3, 0.4) is 0 Å². The van der Waals surface area contributed by atoms with Gasteiger partial charge in [0.1, 0.15) is 0 Å². The van der Waals surface area contributed by atoms with Gasteiger partial charge in [0.15, 0.2) is 5.78 Å². The third-order valence-electron chi connectivity index (χ3n) is 3.33. The Morgan fingerprint density at radius 2 is 2.00 bits per heavy atom. The molecule has 0 spiro atoms. The van der Waals surface area contributed by atoms with Crippen molar-refractivity contribution in [3.63, 3.8) is 0 Å². The summed E-state index contributed by atoms with van der Waals surface area (Å²) in [5.74, 6) is 0.109. The molecule has 108 valence electrons. The van der Waals surface area contributed by atoms with Crippen LogP contribution in [0.5, 0.6) is 0 Å². The molecule has 0 unspecified atom stereocenters. The molecule has 0 aliphatic carbocycles.